The van der Waals surface area contributed by atoms with E-state index in [0.29, 0.717) is 36.7 Å². The van der Waals surface area contributed by atoms with Gasteiger partial charge in [-0.05, 0) is 30.5 Å². The zero-order chi connectivity index (χ0) is 16.5. The van der Waals surface area contributed by atoms with Crippen LogP contribution in [-0.4, -0.2) is 29.0 Å². The Labute approximate surface area is 135 Å². The first-order valence-electron chi connectivity index (χ1n) is 7.79. The standard InChI is InChI=1S/C17H21FN4O/c1-2-3-10-19-16(23)15-9-12-21-17(22-15)20-11-8-13-6-4-5-7-14(13)18/h4-7,9,12H,2-3,8,10-11H2,1H3,(H,19,23)(H,20,21,22). The van der Waals surface area contributed by atoms with Crippen molar-refractivity contribution < 1.29 is 9.18 Å². The summed E-state index contributed by atoms with van der Waals surface area (Å²) in [5, 5.41) is 5.82. The zero-order valence-corrected chi connectivity index (χ0v) is 13.2. The van der Waals surface area contributed by atoms with Crippen molar-refractivity contribution in [3.63, 3.8) is 0 Å². The Morgan fingerprint density at radius 1 is 1.22 bits per heavy atom. The van der Waals surface area contributed by atoms with Crippen LogP contribution < -0.4 is 10.6 Å². The molecule has 1 amide bonds. The first-order valence-corrected chi connectivity index (χ1v) is 7.79. The van der Waals surface area contributed by atoms with E-state index >= 15 is 0 Å². The van der Waals surface area contributed by atoms with E-state index < -0.39 is 0 Å². The minimum absolute atomic E-state index is 0.210. The summed E-state index contributed by atoms with van der Waals surface area (Å²) in [5.74, 6) is -0.0678. The van der Waals surface area contributed by atoms with E-state index in [9.17, 15) is 9.18 Å². The summed E-state index contributed by atoms with van der Waals surface area (Å²) in [6, 6.07) is 8.22. The second-order valence-corrected chi connectivity index (χ2v) is 5.14. The maximum atomic E-state index is 13.5. The Balaban J connectivity index is 1.87. The molecule has 0 saturated heterocycles. The molecule has 0 saturated carbocycles. The first-order chi connectivity index (χ1) is 11.2. The fourth-order valence-corrected chi connectivity index (χ4v) is 2.05. The molecule has 23 heavy (non-hydrogen) atoms. The van der Waals surface area contributed by atoms with Gasteiger partial charge in [-0.3, -0.25) is 4.79 Å². The molecular formula is C17H21FN4O. The average Bonchev–Trinajstić information content (AvgIpc) is 2.57. The van der Waals surface area contributed by atoms with Crippen LogP contribution in [0.2, 0.25) is 0 Å². The van der Waals surface area contributed by atoms with Gasteiger partial charge < -0.3 is 10.6 Å². The van der Waals surface area contributed by atoms with Crippen molar-refractivity contribution in [1.82, 2.24) is 15.3 Å². The van der Waals surface area contributed by atoms with Gasteiger partial charge in [-0.25, -0.2) is 14.4 Å². The van der Waals surface area contributed by atoms with Gasteiger partial charge in [0.15, 0.2) is 0 Å². The summed E-state index contributed by atoms with van der Waals surface area (Å²) in [4.78, 5) is 20.2. The Kier molecular flexibility index (Phi) is 6.47. The minimum atomic E-state index is -0.223. The van der Waals surface area contributed by atoms with Crippen molar-refractivity contribution in [3.8, 4) is 0 Å². The number of unbranched alkanes of at least 4 members (excludes halogenated alkanes) is 1. The van der Waals surface area contributed by atoms with E-state index in [0.717, 1.165) is 12.8 Å². The van der Waals surface area contributed by atoms with Gasteiger partial charge in [0, 0.05) is 19.3 Å². The third-order valence-corrected chi connectivity index (χ3v) is 3.34. The SMILES string of the molecule is CCCCNC(=O)c1ccnc(NCCc2ccccc2F)n1. The van der Waals surface area contributed by atoms with Crippen LogP contribution in [0.3, 0.4) is 0 Å². The van der Waals surface area contributed by atoms with Crippen LogP contribution in [0.25, 0.3) is 0 Å². The largest absolute Gasteiger partial charge is 0.354 e. The first kappa shape index (κ1) is 16.9. The zero-order valence-electron chi connectivity index (χ0n) is 13.2. The van der Waals surface area contributed by atoms with E-state index in [-0.39, 0.29) is 11.7 Å². The van der Waals surface area contributed by atoms with Gasteiger partial charge in [0.25, 0.3) is 5.91 Å². The molecule has 0 aliphatic rings. The summed E-state index contributed by atoms with van der Waals surface area (Å²) in [6.07, 6.45) is 4.01. The monoisotopic (exact) mass is 316 g/mol. The lowest BCUT2D eigenvalue weighted by Gasteiger charge is -2.07. The molecule has 2 rings (SSSR count). The second kappa shape index (κ2) is 8.82. The Bertz CT molecular complexity index is 648. The molecular weight excluding hydrogens is 295 g/mol. The normalized spacial score (nSPS) is 10.3. The van der Waals surface area contributed by atoms with E-state index in [1.165, 1.54) is 12.3 Å². The number of nitrogens with zero attached hydrogens (tertiary/aromatic N) is 2. The lowest BCUT2D eigenvalue weighted by Crippen LogP contribution is -2.25. The maximum Gasteiger partial charge on any atom is 0.270 e. The van der Waals surface area contributed by atoms with Crippen molar-refractivity contribution in [2.24, 2.45) is 0 Å². The number of benzene rings is 1. The predicted molar refractivity (Wildman–Crippen MR) is 87.9 cm³/mol. The highest BCUT2D eigenvalue weighted by Crippen LogP contribution is 2.07. The molecule has 0 aliphatic heterocycles. The fourth-order valence-electron chi connectivity index (χ4n) is 2.05. The predicted octanol–water partition coefficient (Wildman–Crippen LogP) is 2.80. The van der Waals surface area contributed by atoms with Crippen molar-refractivity contribution in [3.05, 3.63) is 53.6 Å². The van der Waals surface area contributed by atoms with Crippen molar-refractivity contribution >= 4 is 11.9 Å². The number of hydrogen-bond acceptors (Lipinski definition) is 4. The van der Waals surface area contributed by atoms with Gasteiger partial charge in [0.1, 0.15) is 11.5 Å². The summed E-state index contributed by atoms with van der Waals surface area (Å²) >= 11 is 0. The lowest BCUT2D eigenvalue weighted by molar-refractivity contribution is 0.0948. The molecule has 2 aromatic rings. The number of amides is 1. The molecule has 0 unspecified atom stereocenters. The van der Waals surface area contributed by atoms with Gasteiger partial charge in [-0.1, -0.05) is 31.5 Å². The van der Waals surface area contributed by atoms with Crippen LogP contribution in [0.4, 0.5) is 10.3 Å². The Morgan fingerprint density at radius 3 is 2.83 bits per heavy atom. The average molecular weight is 316 g/mol. The highest BCUT2D eigenvalue weighted by atomic mass is 19.1. The van der Waals surface area contributed by atoms with Crippen LogP contribution in [-0.2, 0) is 6.42 Å². The molecule has 6 heteroatoms. The number of anilines is 1. The van der Waals surface area contributed by atoms with Crippen molar-refractivity contribution in [2.75, 3.05) is 18.4 Å². The van der Waals surface area contributed by atoms with Crippen molar-refractivity contribution in [2.45, 2.75) is 26.2 Å². The fraction of sp³-hybridized carbons (Fsp3) is 0.353. The minimum Gasteiger partial charge on any atom is -0.354 e. The van der Waals surface area contributed by atoms with E-state index in [2.05, 4.69) is 27.5 Å². The van der Waals surface area contributed by atoms with Gasteiger partial charge in [-0.15, -0.1) is 0 Å². The Hall–Kier alpha value is -2.50. The maximum absolute atomic E-state index is 13.5. The number of hydrogen-bond donors (Lipinski definition) is 2. The van der Waals surface area contributed by atoms with Gasteiger partial charge >= 0.3 is 0 Å². The third kappa shape index (κ3) is 5.32. The molecule has 0 spiro atoms. The van der Waals surface area contributed by atoms with Crippen molar-refractivity contribution in [1.29, 1.82) is 0 Å². The molecule has 1 heterocycles. The molecule has 0 bridgehead atoms. The van der Waals surface area contributed by atoms with Crippen LogP contribution in [0.1, 0.15) is 35.8 Å². The lowest BCUT2D eigenvalue weighted by atomic mass is 10.1. The summed E-state index contributed by atoms with van der Waals surface area (Å²) < 4.78 is 13.5. The van der Waals surface area contributed by atoms with E-state index in [1.54, 1.807) is 24.3 Å². The molecule has 0 radical (unpaired) electrons. The topological polar surface area (TPSA) is 66.9 Å². The number of rotatable bonds is 8. The van der Waals surface area contributed by atoms with Crippen LogP contribution >= 0.6 is 0 Å². The van der Waals surface area contributed by atoms with Crippen LogP contribution in [0.15, 0.2) is 36.5 Å². The molecule has 0 atom stereocenters. The molecule has 1 aromatic carbocycles. The smallest absolute Gasteiger partial charge is 0.270 e. The second-order valence-electron chi connectivity index (χ2n) is 5.14. The molecule has 2 N–H and O–H groups in total. The van der Waals surface area contributed by atoms with Gasteiger partial charge in [0.05, 0.1) is 0 Å². The van der Waals surface area contributed by atoms with E-state index in [1.807, 2.05) is 0 Å². The number of aromatic nitrogens is 2. The number of nitrogens with one attached hydrogen (secondary N) is 2. The number of carbonyl (C=O) groups is 1. The summed E-state index contributed by atoms with van der Waals surface area (Å²) in [7, 11) is 0. The molecule has 0 aliphatic carbocycles. The molecule has 5 nitrogen and oxygen atoms in total. The summed E-state index contributed by atoms with van der Waals surface area (Å²) in [6.45, 7) is 3.19. The van der Waals surface area contributed by atoms with Crippen LogP contribution in [0.5, 0.6) is 0 Å². The molecule has 122 valence electrons. The van der Waals surface area contributed by atoms with E-state index in [4.69, 9.17) is 0 Å². The van der Waals surface area contributed by atoms with Gasteiger partial charge in [0.2, 0.25) is 5.95 Å². The molecule has 0 fully saturated rings. The quantitative estimate of drug-likeness (QED) is 0.735. The number of halogens is 1. The Morgan fingerprint density at radius 2 is 2.04 bits per heavy atom. The number of carbonyl (C=O) groups excluding carboxylic acids is 1. The highest BCUT2D eigenvalue weighted by Gasteiger charge is 2.08. The molecule has 1 aromatic heterocycles. The van der Waals surface area contributed by atoms with Crippen LogP contribution in [0, 0.1) is 5.82 Å². The summed E-state index contributed by atoms with van der Waals surface area (Å²) in [5.41, 5.74) is 0.956. The van der Waals surface area contributed by atoms with Gasteiger partial charge in [-0.2, -0.15) is 0 Å². The third-order valence-electron chi connectivity index (χ3n) is 3.34. The highest BCUT2D eigenvalue weighted by molar-refractivity contribution is 5.92.